The quantitative estimate of drug-likeness (QED) is 0.406. The Bertz CT molecular complexity index is 1090. The van der Waals surface area contributed by atoms with Gasteiger partial charge in [0.1, 0.15) is 47.3 Å². The molecule has 0 saturated carbocycles. The van der Waals surface area contributed by atoms with Crippen molar-refractivity contribution in [1.82, 2.24) is 0 Å². The molecule has 1 saturated heterocycles. The maximum atomic E-state index is 12.3. The summed E-state index contributed by atoms with van der Waals surface area (Å²) < 4.78 is 16.6. The van der Waals surface area contributed by atoms with E-state index in [9.17, 15) is 30.3 Å². The molecule has 9 heteroatoms. The van der Waals surface area contributed by atoms with Crippen LogP contribution in [0.2, 0.25) is 0 Å². The number of ether oxygens (including phenoxy) is 2. The number of rotatable bonds is 4. The molecule has 0 bridgehead atoms. The summed E-state index contributed by atoms with van der Waals surface area (Å²) in [5.41, 5.74) is 0.561. The van der Waals surface area contributed by atoms with Crippen LogP contribution in [0, 0.1) is 0 Å². The first-order valence-electron chi connectivity index (χ1n) is 9.22. The third-order valence-corrected chi connectivity index (χ3v) is 4.95. The molecular formula is C21H20O9. The van der Waals surface area contributed by atoms with E-state index >= 15 is 0 Å². The van der Waals surface area contributed by atoms with Crippen LogP contribution >= 0.6 is 0 Å². The van der Waals surface area contributed by atoms with Crippen LogP contribution in [0.4, 0.5) is 0 Å². The summed E-state index contributed by atoms with van der Waals surface area (Å²) in [6.07, 6.45) is -6.90. The van der Waals surface area contributed by atoms with Crippen molar-refractivity contribution in [2.45, 2.75) is 30.7 Å². The Morgan fingerprint density at radius 2 is 1.67 bits per heavy atom. The Labute approximate surface area is 170 Å². The highest BCUT2D eigenvalue weighted by atomic mass is 16.7. The summed E-state index contributed by atoms with van der Waals surface area (Å²) >= 11 is 0. The van der Waals surface area contributed by atoms with Crippen molar-refractivity contribution in [2.75, 3.05) is 6.61 Å². The smallest absolute Gasteiger partial charge is 0.229 e. The first kappa shape index (κ1) is 20.3. The summed E-state index contributed by atoms with van der Waals surface area (Å²) in [5, 5.41) is 48.9. The van der Waals surface area contributed by atoms with Crippen molar-refractivity contribution in [3.63, 3.8) is 0 Å². The molecule has 5 atom stereocenters. The third-order valence-electron chi connectivity index (χ3n) is 4.95. The lowest BCUT2D eigenvalue weighted by Gasteiger charge is -2.39. The third kappa shape index (κ3) is 3.76. The lowest BCUT2D eigenvalue weighted by molar-refractivity contribution is -0.277. The normalized spacial score (nSPS) is 26.6. The molecule has 0 amide bonds. The molecule has 1 aromatic heterocycles. The SMILES string of the molecule is O=c1cc(-c2ccc(OC3OC(CO)C(O)C(O)C3O)cc2)oc2cc(O)ccc12. The van der Waals surface area contributed by atoms with Gasteiger partial charge in [-0.2, -0.15) is 0 Å². The minimum absolute atomic E-state index is 0.0222. The molecule has 158 valence electrons. The van der Waals surface area contributed by atoms with E-state index in [-0.39, 0.29) is 28.3 Å². The molecule has 5 N–H and O–H groups in total. The van der Waals surface area contributed by atoms with E-state index in [1.165, 1.54) is 24.3 Å². The van der Waals surface area contributed by atoms with Gasteiger partial charge < -0.3 is 39.4 Å². The molecule has 4 rings (SSSR count). The molecule has 3 aromatic rings. The van der Waals surface area contributed by atoms with Crippen molar-refractivity contribution >= 4 is 11.0 Å². The van der Waals surface area contributed by atoms with E-state index in [1.807, 2.05) is 0 Å². The second-order valence-electron chi connectivity index (χ2n) is 6.99. The highest BCUT2D eigenvalue weighted by Gasteiger charge is 2.44. The Balaban J connectivity index is 1.56. The largest absolute Gasteiger partial charge is 0.508 e. The van der Waals surface area contributed by atoms with Gasteiger partial charge in [-0.3, -0.25) is 4.79 Å². The van der Waals surface area contributed by atoms with Crippen LogP contribution in [-0.4, -0.2) is 62.8 Å². The van der Waals surface area contributed by atoms with Crippen LogP contribution in [0.15, 0.2) is 57.7 Å². The number of aliphatic hydroxyl groups excluding tert-OH is 4. The van der Waals surface area contributed by atoms with Gasteiger partial charge in [0.05, 0.1) is 12.0 Å². The van der Waals surface area contributed by atoms with Gasteiger partial charge in [0.2, 0.25) is 6.29 Å². The van der Waals surface area contributed by atoms with E-state index in [4.69, 9.17) is 13.9 Å². The maximum Gasteiger partial charge on any atom is 0.229 e. The van der Waals surface area contributed by atoms with Gasteiger partial charge in [-0.1, -0.05) is 0 Å². The first-order chi connectivity index (χ1) is 14.4. The standard InChI is InChI=1S/C21H20O9/c22-9-17-18(25)19(26)20(27)21(30-17)28-12-4-1-10(2-5-12)15-8-14(24)13-6-3-11(23)7-16(13)29-15/h1-8,17-23,25-27H,9H2. The van der Waals surface area contributed by atoms with Crippen LogP contribution in [0.5, 0.6) is 11.5 Å². The Morgan fingerprint density at radius 3 is 2.37 bits per heavy atom. The Hall–Kier alpha value is -2.95. The van der Waals surface area contributed by atoms with Gasteiger partial charge >= 0.3 is 0 Å². The highest BCUT2D eigenvalue weighted by Crippen LogP contribution is 2.28. The van der Waals surface area contributed by atoms with Gasteiger partial charge in [0.15, 0.2) is 5.43 Å². The molecule has 1 fully saturated rings. The molecule has 1 aliphatic heterocycles. The second kappa shape index (κ2) is 8.05. The van der Waals surface area contributed by atoms with Gasteiger partial charge in [0.25, 0.3) is 0 Å². The molecule has 9 nitrogen and oxygen atoms in total. The van der Waals surface area contributed by atoms with Crippen molar-refractivity contribution in [3.05, 3.63) is 58.8 Å². The zero-order valence-electron chi connectivity index (χ0n) is 15.6. The van der Waals surface area contributed by atoms with Crippen LogP contribution in [0.25, 0.3) is 22.3 Å². The van der Waals surface area contributed by atoms with E-state index in [0.29, 0.717) is 10.9 Å². The predicted octanol–water partition coefficient (Wildman–Crippen LogP) is 0.344. The van der Waals surface area contributed by atoms with Gasteiger partial charge in [0, 0.05) is 17.7 Å². The maximum absolute atomic E-state index is 12.3. The molecule has 2 heterocycles. The summed E-state index contributed by atoms with van der Waals surface area (Å²) in [4.78, 5) is 12.3. The fourth-order valence-electron chi connectivity index (χ4n) is 3.28. The van der Waals surface area contributed by atoms with Gasteiger partial charge in [-0.05, 0) is 36.4 Å². The van der Waals surface area contributed by atoms with Gasteiger partial charge in [-0.15, -0.1) is 0 Å². The lowest BCUT2D eigenvalue weighted by Crippen LogP contribution is -2.60. The van der Waals surface area contributed by atoms with Crippen molar-refractivity contribution in [2.24, 2.45) is 0 Å². The number of phenols is 1. The zero-order chi connectivity index (χ0) is 21.4. The van der Waals surface area contributed by atoms with Crippen molar-refractivity contribution < 1.29 is 39.4 Å². The van der Waals surface area contributed by atoms with Crippen molar-refractivity contribution in [3.8, 4) is 22.8 Å². The summed E-state index contributed by atoms with van der Waals surface area (Å²) in [6, 6.07) is 11.9. The average molecular weight is 416 g/mol. The topological polar surface area (TPSA) is 150 Å². The van der Waals surface area contributed by atoms with E-state index in [2.05, 4.69) is 0 Å². The summed E-state index contributed by atoms with van der Waals surface area (Å²) in [5.74, 6) is 0.549. The fraction of sp³-hybridized carbons (Fsp3) is 0.286. The molecule has 2 aromatic carbocycles. The van der Waals surface area contributed by atoms with Crippen molar-refractivity contribution in [1.29, 1.82) is 0 Å². The lowest BCUT2D eigenvalue weighted by atomic mass is 9.99. The molecule has 0 radical (unpaired) electrons. The number of benzene rings is 2. The number of aromatic hydroxyl groups is 1. The van der Waals surface area contributed by atoms with Crippen LogP contribution in [0.3, 0.4) is 0 Å². The molecule has 5 unspecified atom stereocenters. The molecule has 30 heavy (non-hydrogen) atoms. The number of fused-ring (bicyclic) bond motifs is 1. The number of aliphatic hydroxyl groups is 4. The molecular weight excluding hydrogens is 396 g/mol. The highest BCUT2D eigenvalue weighted by molar-refractivity contribution is 5.80. The molecule has 0 aliphatic carbocycles. The van der Waals surface area contributed by atoms with Crippen LogP contribution < -0.4 is 10.2 Å². The summed E-state index contributed by atoms with van der Waals surface area (Å²) in [6.45, 7) is -0.555. The first-order valence-corrected chi connectivity index (χ1v) is 9.22. The minimum Gasteiger partial charge on any atom is -0.508 e. The van der Waals surface area contributed by atoms with E-state index < -0.39 is 37.3 Å². The van der Waals surface area contributed by atoms with Crippen LogP contribution in [0.1, 0.15) is 0 Å². The monoisotopic (exact) mass is 416 g/mol. The average Bonchev–Trinajstić information content (AvgIpc) is 2.74. The van der Waals surface area contributed by atoms with Crippen LogP contribution in [-0.2, 0) is 4.74 Å². The molecule has 1 aliphatic rings. The predicted molar refractivity (Wildman–Crippen MR) is 104 cm³/mol. The minimum atomic E-state index is -1.54. The summed E-state index contributed by atoms with van der Waals surface area (Å²) in [7, 11) is 0. The molecule has 0 spiro atoms. The number of hydrogen-bond donors (Lipinski definition) is 5. The van der Waals surface area contributed by atoms with E-state index in [1.54, 1.807) is 24.3 Å². The Kier molecular flexibility index (Phi) is 5.46. The Morgan fingerprint density at radius 1 is 0.933 bits per heavy atom. The van der Waals surface area contributed by atoms with Gasteiger partial charge in [-0.25, -0.2) is 0 Å². The second-order valence-corrected chi connectivity index (χ2v) is 6.99. The number of phenolic OH excluding ortho intramolecular Hbond substituents is 1. The zero-order valence-corrected chi connectivity index (χ0v) is 15.6. The number of hydrogen-bond acceptors (Lipinski definition) is 9. The van der Waals surface area contributed by atoms with E-state index in [0.717, 1.165) is 0 Å². The fourth-order valence-corrected chi connectivity index (χ4v) is 3.28.